The molecular formula is C14H28N2OS. The van der Waals surface area contributed by atoms with Gasteiger partial charge < -0.3 is 4.90 Å². The molecule has 1 rings (SSSR count). The van der Waals surface area contributed by atoms with Crippen LogP contribution in [-0.2, 0) is 4.79 Å². The van der Waals surface area contributed by atoms with E-state index in [0.29, 0.717) is 17.9 Å². The van der Waals surface area contributed by atoms with Crippen molar-refractivity contribution in [2.75, 3.05) is 12.0 Å². The van der Waals surface area contributed by atoms with Crippen molar-refractivity contribution < 1.29 is 4.79 Å². The lowest BCUT2D eigenvalue weighted by Crippen LogP contribution is -2.45. The molecule has 0 aromatic carbocycles. The van der Waals surface area contributed by atoms with Crippen molar-refractivity contribution in [2.24, 2.45) is 5.92 Å². The molecular weight excluding hydrogens is 244 g/mol. The van der Waals surface area contributed by atoms with Crippen LogP contribution in [-0.4, -0.2) is 41.1 Å². The molecule has 3 atom stereocenters. The first-order valence-electron chi connectivity index (χ1n) is 7.08. The van der Waals surface area contributed by atoms with Crippen LogP contribution in [0.1, 0.15) is 47.0 Å². The summed E-state index contributed by atoms with van der Waals surface area (Å²) in [5.74, 6) is 1.93. The number of thioether (sulfide) groups is 1. The van der Waals surface area contributed by atoms with Gasteiger partial charge in [0, 0.05) is 11.8 Å². The number of carbonyl (C=O) groups excluding carboxylic acids is 1. The Bertz CT molecular complexity index is 271. The molecule has 0 radical (unpaired) electrons. The summed E-state index contributed by atoms with van der Waals surface area (Å²) in [4.78, 5) is 14.6. The summed E-state index contributed by atoms with van der Waals surface area (Å²) in [7, 11) is 0. The first-order chi connectivity index (χ1) is 8.51. The number of carbonyl (C=O) groups is 1. The molecule has 0 saturated carbocycles. The second-order valence-corrected chi connectivity index (χ2v) is 6.61. The summed E-state index contributed by atoms with van der Waals surface area (Å²) in [6.07, 6.45) is 5.39. The normalized spacial score (nSPS) is 26.1. The van der Waals surface area contributed by atoms with Gasteiger partial charge in [-0.05, 0) is 31.9 Å². The van der Waals surface area contributed by atoms with Gasteiger partial charge in [0.2, 0.25) is 5.91 Å². The Labute approximate surface area is 116 Å². The Kier molecular flexibility index (Phi) is 6.50. The summed E-state index contributed by atoms with van der Waals surface area (Å²) < 4.78 is 0. The van der Waals surface area contributed by atoms with Crippen molar-refractivity contribution in [1.82, 2.24) is 10.2 Å². The molecule has 0 bridgehead atoms. The largest absolute Gasteiger partial charge is 0.322 e. The van der Waals surface area contributed by atoms with Crippen LogP contribution in [0.15, 0.2) is 0 Å². The van der Waals surface area contributed by atoms with Gasteiger partial charge in [-0.3, -0.25) is 10.1 Å². The van der Waals surface area contributed by atoms with Gasteiger partial charge in [0.05, 0.1) is 12.2 Å². The Morgan fingerprint density at radius 3 is 2.56 bits per heavy atom. The molecule has 3 unspecified atom stereocenters. The maximum absolute atomic E-state index is 12.5. The Balaban J connectivity index is 2.75. The summed E-state index contributed by atoms with van der Waals surface area (Å²) in [5, 5.41) is 3.53. The van der Waals surface area contributed by atoms with Crippen LogP contribution in [0.2, 0.25) is 0 Å². The maximum atomic E-state index is 12.5. The third-order valence-corrected chi connectivity index (χ3v) is 4.25. The number of amides is 1. The van der Waals surface area contributed by atoms with E-state index in [4.69, 9.17) is 0 Å². The van der Waals surface area contributed by atoms with E-state index in [9.17, 15) is 4.79 Å². The molecule has 106 valence electrons. The maximum Gasteiger partial charge on any atom is 0.241 e. The highest BCUT2D eigenvalue weighted by atomic mass is 32.2. The minimum Gasteiger partial charge on any atom is -0.322 e. The molecule has 18 heavy (non-hydrogen) atoms. The fourth-order valence-corrected chi connectivity index (χ4v) is 3.33. The van der Waals surface area contributed by atoms with Gasteiger partial charge in [0.25, 0.3) is 0 Å². The molecule has 1 fully saturated rings. The van der Waals surface area contributed by atoms with Gasteiger partial charge in [0.1, 0.15) is 0 Å². The second-order valence-electron chi connectivity index (χ2n) is 5.70. The van der Waals surface area contributed by atoms with Crippen molar-refractivity contribution in [3.8, 4) is 0 Å². The molecule has 0 aromatic rings. The highest BCUT2D eigenvalue weighted by Gasteiger charge is 2.40. The predicted molar refractivity (Wildman–Crippen MR) is 79.8 cm³/mol. The second kappa shape index (κ2) is 7.39. The smallest absolute Gasteiger partial charge is 0.241 e. The lowest BCUT2D eigenvalue weighted by Gasteiger charge is -2.31. The molecule has 1 heterocycles. The Hall–Kier alpha value is -0.220. The molecule has 0 aromatic heterocycles. The predicted octanol–water partition coefficient (Wildman–Crippen LogP) is 2.71. The third-order valence-electron chi connectivity index (χ3n) is 3.44. The number of nitrogens with one attached hydrogen (secondary N) is 1. The van der Waals surface area contributed by atoms with Crippen LogP contribution in [0.4, 0.5) is 0 Å². The summed E-state index contributed by atoms with van der Waals surface area (Å²) in [6, 6.07) is 0.369. The molecule has 1 saturated heterocycles. The lowest BCUT2D eigenvalue weighted by atomic mass is 10.1. The Morgan fingerprint density at radius 2 is 2.06 bits per heavy atom. The molecule has 0 spiro atoms. The number of rotatable bonds is 7. The van der Waals surface area contributed by atoms with Crippen LogP contribution in [0.25, 0.3) is 0 Å². The van der Waals surface area contributed by atoms with Gasteiger partial charge in [-0.15, -0.1) is 0 Å². The average molecular weight is 272 g/mol. The average Bonchev–Trinajstić information content (AvgIpc) is 2.55. The van der Waals surface area contributed by atoms with E-state index >= 15 is 0 Å². The minimum atomic E-state index is 0.0445. The van der Waals surface area contributed by atoms with E-state index in [1.54, 1.807) is 0 Å². The zero-order valence-electron chi connectivity index (χ0n) is 12.4. The summed E-state index contributed by atoms with van der Waals surface area (Å²) in [5.41, 5.74) is 0. The summed E-state index contributed by atoms with van der Waals surface area (Å²) >= 11 is 1.81. The van der Waals surface area contributed by atoms with Gasteiger partial charge >= 0.3 is 0 Å². The number of nitrogens with zero attached hydrogens (tertiary/aromatic N) is 1. The quantitative estimate of drug-likeness (QED) is 0.773. The van der Waals surface area contributed by atoms with E-state index < -0.39 is 0 Å². The van der Waals surface area contributed by atoms with Gasteiger partial charge in [-0.2, -0.15) is 11.8 Å². The lowest BCUT2D eigenvalue weighted by molar-refractivity contribution is -0.131. The standard InChI is InChI=1S/C14H28N2OS/c1-6-7-12-14(17)16(11(4)9-18-5)13(15-12)8-10(2)3/h10-13,15H,6-9H2,1-5H3. The SMILES string of the molecule is CCCC1NC(CC(C)C)N(C(C)CSC)C1=O. The van der Waals surface area contributed by atoms with Crippen LogP contribution >= 0.6 is 11.8 Å². The molecule has 1 aliphatic rings. The first-order valence-corrected chi connectivity index (χ1v) is 8.47. The Morgan fingerprint density at radius 1 is 1.39 bits per heavy atom. The van der Waals surface area contributed by atoms with Gasteiger partial charge in [0.15, 0.2) is 0 Å². The first kappa shape index (κ1) is 15.8. The van der Waals surface area contributed by atoms with Gasteiger partial charge in [-0.1, -0.05) is 27.2 Å². The number of hydrogen-bond acceptors (Lipinski definition) is 3. The molecule has 1 amide bonds. The highest BCUT2D eigenvalue weighted by Crippen LogP contribution is 2.23. The molecule has 4 heteroatoms. The molecule has 1 N–H and O–H groups in total. The monoisotopic (exact) mass is 272 g/mol. The van der Waals surface area contributed by atoms with Crippen LogP contribution in [0, 0.1) is 5.92 Å². The molecule has 1 aliphatic heterocycles. The molecule has 3 nitrogen and oxygen atoms in total. The van der Waals surface area contributed by atoms with E-state index in [-0.39, 0.29) is 12.2 Å². The van der Waals surface area contributed by atoms with Crippen LogP contribution in [0.3, 0.4) is 0 Å². The van der Waals surface area contributed by atoms with Crippen LogP contribution in [0.5, 0.6) is 0 Å². The third kappa shape index (κ3) is 3.89. The zero-order chi connectivity index (χ0) is 13.7. The fraction of sp³-hybridized carbons (Fsp3) is 0.929. The number of hydrogen-bond donors (Lipinski definition) is 1. The van der Waals surface area contributed by atoms with Gasteiger partial charge in [-0.25, -0.2) is 0 Å². The van der Waals surface area contributed by atoms with Crippen molar-refractivity contribution in [3.63, 3.8) is 0 Å². The minimum absolute atomic E-state index is 0.0445. The van der Waals surface area contributed by atoms with E-state index in [1.807, 2.05) is 11.8 Å². The van der Waals surface area contributed by atoms with Crippen molar-refractivity contribution in [1.29, 1.82) is 0 Å². The van der Waals surface area contributed by atoms with Crippen LogP contribution < -0.4 is 5.32 Å². The van der Waals surface area contributed by atoms with Crippen molar-refractivity contribution in [2.45, 2.75) is 65.2 Å². The van der Waals surface area contributed by atoms with E-state index in [2.05, 4.69) is 44.2 Å². The van der Waals surface area contributed by atoms with Crippen molar-refractivity contribution in [3.05, 3.63) is 0 Å². The highest BCUT2D eigenvalue weighted by molar-refractivity contribution is 7.98. The topological polar surface area (TPSA) is 32.3 Å². The van der Waals surface area contributed by atoms with E-state index in [0.717, 1.165) is 25.0 Å². The molecule has 0 aliphatic carbocycles. The van der Waals surface area contributed by atoms with Crippen molar-refractivity contribution >= 4 is 17.7 Å². The zero-order valence-corrected chi connectivity index (χ0v) is 13.2. The fourth-order valence-electron chi connectivity index (χ4n) is 2.69. The van der Waals surface area contributed by atoms with E-state index in [1.165, 1.54) is 0 Å². The summed E-state index contributed by atoms with van der Waals surface area (Å²) in [6.45, 7) is 8.74.